The lowest BCUT2D eigenvalue weighted by Crippen LogP contribution is -2.13. The molecule has 2 aromatic rings. The van der Waals surface area contributed by atoms with Gasteiger partial charge in [-0.15, -0.1) is 0 Å². The maximum Gasteiger partial charge on any atom is 0.129 e. The molecular formula is C15H15F2NO. The van der Waals surface area contributed by atoms with Gasteiger partial charge in [0.15, 0.2) is 0 Å². The van der Waals surface area contributed by atoms with Gasteiger partial charge in [-0.3, -0.25) is 0 Å². The quantitative estimate of drug-likeness (QED) is 0.886. The molecule has 2 N–H and O–H groups in total. The molecule has 2 nitrogen and oxygen atoms in total. The Hall–Kier alpha value is -1.94. The average Bonchev–Trinajstić information content (AvgIpc) is 2.40. The van der Waals surface area contributed by atoms with Crippen molar-refractivity contribution in [2.75, 3.05) is 11.9 Å². The minimum Gasteiger partial charge on any atom is -0.386 e. The summed E-state index contributed by atoms with van der Waals surface area (Å²) >= 11 is 0. The van der Waals surface area contributed by atoms with E-state index in [1.807, 2.05) is 0 Å². The summed E-state index contributed by atoms with van der Waals surface area (Å²) in [7, 11) is 0. The van der Waals surface area contributed by atoms with Gasteiger partial charge in [0.2, 0.25) is 0 Å². The van der Waals surface area contributed by atoms with Crippen LogP contribution in [0.5, 0.6) is 0 Å². The van der Waals surface area contributed by atoms with Crippen LogP contribution in [0.1, 0.15) is 17.2 Å². The van der Waals surface area contributed by atoms with E-state index in [2.05, 4.69) is 5.32 Å². The summed E-state index contributed by atoms with van der Waals surface area (Å²) in [5.74, 6) is -0.715. The summed E-state index contributed by atoms with van der Waals surface area (Å²) in [5.41, 5.74) is 1.45. The van der Waals surface area contributed by atoms with Crippen LogP contribution in [0.4, 0.5) is 14.5 Å². The summed E-state index contributed by atoms with van der Waals surface area (Å²) in [6, 6.07) is 10.7. The van der Waals surface area contributed by atoms with Crippen LogP contribution in [-0.2, 0) is 0 Å². The van der Waals surface area contributed by atoms with Gasteiger partial charge in [0, 0.05) is 17.8 Å². The number of hydrogen-bond donors (Lipinski definition) is 2. The Kier molecular flexibility index (Phi) is 4.12. The third-order valence-electron chi connectivity index (χ3n) is 2.92. The van der Waals surface area contributed by atoms with Gasteiger partial charge in [0.05, 0.1) is 6.10 Å². The molecule has 0 heterocycles. The van der Waals surface area contributed by atoms with E-state index in [1.54, 1.807) is 31.2 Å². The fourth-order valence-corrected chi connectivity index (χ4v) is 1.82. The minimum atomic E-state index is -0.952. The topological polar surface area (TPSA) is 32.3 Å². The third kappa shape index (κ3) is 3.29. The molecule has 0 aromatic heterocycles. The average molecular weight is 263 g/mol. The van der Waals surface area contributed by atoms with Gasteiger partial charge in [-0.2, -0.15) is 0 Å². The highest BCUT2D eigenvalue weighted by atomic mass is 19.1. The molecule has 1 atom stereocenters. The fraction of sp³-hybridized carbons (Fsp3) is 0.200. The summed E-state index contributed by atoms with van der Waals surface area (Å²) in [6.07, 6.45) is -0.952. The van der Waals surface area contributed by atoms with Gasteiger partial charge in [0.1, 0.15) is 11.6 Å². The molecule has 0 radical (unpaired) electrons. The first kappa shape index (κ1) is 13.5. The van der Waals surface area contributed by atoms with Gasteiger partial charge in [-0.1, -0.05) is 18.2 Å². The summed E-state index contributed by atoms with van der Waals surface area (Å²) in [6.45, 7) is 1.82. The molecule has 19 heavy (non-hydrogen) atoms. The number of aliphatic hydroxyl groups excluding tert-OH is 1. The predicted molar refractivity (Wildman–Crippen MR) is 71.0 cm³/mol. The lowest BCUT2D eigenvalue weighted by atomic mass is 10.1. The van der Waals surface area contributed by atoms with Crippen molar-refractivity contribution in [3.8, 4) is 0 Å². The molecule has 0 amide bonds. The SMILES string of the molecule is Cc1cc(NCC(O)c2ccccc2F)ccc1F. The molecule has 0 aliphatic heterocycles. The van der Waals surface area contributed by atoms with Gasteiger partial charge in [-0.05, 0) is 36.8 Å². The molecule has 0 aliphatic rings. The van der Waals surface area contributed by atoms with Gasteiger partial charge in [-0.25, -0.2) is 8.78 Å². The third-order valence-corrected chi connectivity index (χ3v) is 2.92. The number of hydrogen-bond acceptors (Lipinski definition) is 2. The summed E-state index contributed by atoms with van der Waals surface area (Å²) in [4.78, 5) is 0. The molecule has 0 fully saturated rings. The van der Waals surface area contributed by atoms with Crippen LogP contribution < -0.4 is 5.32 Å². The Labute approximate surface area is 110 Å². The van der Waals surface area contributed by atoms with Crippen molar-refractivity contribution in [3.05, 3.63) is 65.2 Å². The Bertz CT molecular complexity index is 572. The number of aryl methyl sites for hydroxylation is 1. The second kappa shape index (κ2) is 5.80. The highest BCUT2D eigenvalue weighted by Crippen LogP contribution is 2.19. The van der Waals surface area contributed by atoms with E-state index in [4.69, 9.17) is 0 Å². The standard InChI is InChI=1S/C15H15F2NO/c1-10-8-11(6-7-13(10)16)18-9-15(19)12-4-2-3-5-14(12)17/h2-8,15,18-19H,9H2,1H3. The largest absolute Gasteiger partial charge is 0.386 e. The van der Waals surface area contributed by atoms with Crippen LogP contribution in [0.2, 0.25) is 0 Å². The molecule has 4 heteroatoms. The minimum absolute atomic E-state index is 0.159. The first-order chi connectivity index (χ1) is 9.08. The Morgan fingerprint density at radius 1 is 1.11 bits per heavy atom. The van der Waals surface area contributed by atoms with Crippen LogP contribution in [0.15, 0.2) is 42.5 Å². The van der Waals surface area contributed by atoms with E-state index in [-0.39, 0.29) is 17.9 Å². The van der Waals surface area contributed by atoms with Crippen molar-refractivity contribution in [1.82, 2.24) is 0 Å². The van der Waals surface area contributed by atoms with E-state index < -0.39 is 11.9 Å². The number of rotatable bonds is 4. The van der Waals surface area contributed by atoms with Crippen molar-refractivity contribution in [3.63, 3.8) is 0 Å². The fourth-order valence-electron chi connectivity index (χ4n) is 1.82. The van der Waals surface area contributed by atoms with E-state index in [0.29, 0.717) is 11.3 Å². The zero-order chi connectivity index (χ0) is 13.8. The van der Waals surface area contributed by atoms with Crippen molar-refractivity contribution < 1.29 is 13.9 Å². The van der Waals surface area contributed by atoms with Crippen LogP contribution in [0.25, 0.3) is 0 Å². The smallest absolute Gasteiger partial charge is 0.129 e. The van der Waals surface area contributed by atoms with E-state index in [0.717, 1.165) is 0 Å². The summed E-state index contributed by atoms with van der Waals surface area (Å²) < 4.78 is 26.5. The molecule has 0 spiro atoms. The number of aliphatic hydroxyl groups is 1. The zero-order valence-electron chi connectivity index (χ0n) is 10.5. The molecular weight excluding hydrogens is 248 g/mol. The van der Waals surface area contributed by atoms with Gasteiger partial charge >= 0.3 is 0 Å². The monoisotopic (exact) mass is 263 g/mol. The lowest BCUT2D eigenvalue weighted by molar-refractivity contribution is 0.186. The first-order valence-corrected chi connectivity index (χ1v) is 6.00. The predicted octanol–water partition coefficient (Wildman–Crippen LogP) is 3.42. The van der Waals surface area contributed by atoms with E-state index in [9.17, 15) is 13.9 Å². The molecule has 0 saturated carbocycles. The Balaban J connectivity index is 2.02. The Morgan fingerprint density at radius 3 is 2.53 bits per heavy atom. The first-order valence-electron chi connectivity index (χ1n) is 6.00. The van der Waals surface area contributed by atoms with Crippen molar-refractivity contribution >= 4 is 5.69 Å². The number of anilines is 1. The zero-order valence-corrected chi connectivity index (χ0v) is 10.5. The van der Waals surface area contributed by atoms with Gasteiger partial charge < -0.3 is 10.4 Å². The van der Waals surface area contributed by atoms with Gasteiger partial charge in [0.25, 0.3) is 0 Å². The van der Waals surface area contributed by atoms with Crippen LogP contribution in [0.3, 0.4) is 0 Å². The Morgan fingerprint density at radius 2 is 1.84 bits per heavy atom. The maximum atomic E-state index is 13.4. The molecule has 0 saturated heterocycles. The van der Waals surface area contributed by atoms with Crippen molar-refractivity contribution in [1.29, 1.82) is 0 Å². The van der Waals surface area contributed by atoms with Crippen molar-refractivity contribution in [2.45, 2.75) is 13.0 Å². The second-order valence-electron chi connectivity index (χ2n) is 4.38. The maximum absolute atomic E-state index is 13.4. The molecule has 100 valence electrons. The lowest BCUT2D eigenvalue weighted by Gasteiger charge is -2.14. The number of nitrogens with one attached hydrogen (secondary N) is 1. The van der Waals surface area contributed by atoms with Crippen LogP contribution in [-0.4, -0.2) is 11.7 Å². The second-order valence-corrected chi connectivity index (χ2v) is 4.38. The summed E-state index contributed by atoms with van der Waals surface area (Å²) in [5, 5.41) is 12.9. The number of halogens is 2. The molecule has 2 rings (SSSR count). The molecule has 0 aliphatic carbocycles. The van der Waals surface area contributed by atoms with Crippen LogP contribution >= 0.6 is 0 Å². The highest BCUT2D eigenvalue weighted by molar-refractivity contribution is 5.46. The van der Waals surface area contributed by atoms with Crippen LogP contribution in [0, 0.1) is 18.6 Å². The van der Waals surface area contributed by atoms with E-state index >= 15 is 0 Å². The van der Waals surface area contributed by atoms with Crippen molar-refractivity contribution in [2.24, 2.45) is 0 Å². The molecule has 1 unspecified atom stereocenters. The molecule has 2 aromatic carbocycles. The highest BCUT2D eigenvalue weighted by Gasteiger charge is 2.11. The number of benzene rings is 2. The van der Waals surface area contributed by atoms with E-state index in [1.165, 1.54) is 18.2 Å². The normalized spacial score (nSPS) is 12.2. The molecule has 0 bridgehead atoms.